The number of rotatable bonds is 8. The molecule has 1 aliphatic heterocycles. The number of hydrogen-bond acceptors (Lipinski definition) is 4. The molecule has 0 saturated carbocycles. The molecule has 3 rings (SSSR count). The molecule has 29 heavy (non-hydrogen) atoms. The number of carboxylic acid groups (broad SMARTS) is 1. The van der Waals surface area contributed by atoms with Gasteiger partial charge in [0, 0.05) is 37.7 Å². The van der Waals surface area contributed by atoms with Gasteiger partial charge in [-0.3, -0.25) is 9.80 Å². The van der Waals surface area contributed by atoms with Crippen LogP contribution in [0.3, 0.4) is 0 Å². The SMILES string of the molecule is Cl.Cl.O=C(O)COCCN1CCN(C(c2ccccc2)c2ccccc2Cl)CC1. The van der Waals surface area contributed by atoms with Crippen LogP contribution in [0.2, 0.25) is 5.02 Å². The van der Waals surface area contributed by atoms with E-state index in [0.717, 1.165) is 43.3 Å². The smallest absolute Gasteiger partial charge is 0.329 e. The Labute approximate surface area is 189 Å². The van der Waals surface area contributed by atoms with E-state index in [2.05, 4.69) is 40.1 Å². The van der Waals surface area contributed by atoms with Crippen LogP contribution in [0.15, 0.2) is 54.6 Å². The van der Waals surface area contributed by atoms with Gasteiger partial charge in [0.05, 0.1) is 12.6 Å². The van der Waals surface area contributed by atoms with E-state index in [1.54, 1.807) is 0 Å². The van der Waals surface area contributed by atoms with Crippen LogP contribution in [-0.2, 0) is 9.53 Å². The lowest BCUT2D eigenvalue weighted by molar-refractivity contribution is -0.142. The molecule has 1 N–H and O–H groups in total. The Hall–Kier alpha value is -1.34. The number of ether oxygens (including phenoxy) is 1. The number of halogens is 3. The minimum absolute atomic E-state index is 0. The molecule has 0 aliphatic carbocycles. The molecule has 160 valence electrons. The predicted molar refractivity (Wildman–Crippen MR) is 121 cm³/mol. The van der Waals surface area contributed by atoms with Crippen molar-refractivity contribution < 1.29 is 14.6 Å². The van der Waals surface area contributed by atoms with E-state index >= 15 is 0 Å². The lowest BCUT2D eigenvalue weighted by Gasteiger charge is -2.40. The third-order valence-corrected chi connectivity index (χ3v) is 5.21. The second-order valence-electron chi connectivity index (χ2n) is 6.66. The molecule has 1 atom stereocenters. The summed E-state index contributed by atoms with van der Waals surface area (Å²) in [5.41, 5.74) is 2.37. The summed E-state index contributed by atoms with van der Waals surface area (Å²) >= 11 is 6.53. The van der Waals surface area contributed by atoms with Gasteiger partial charge in [0.15, 0.2) is 0 Å². The maximum atomic E-state index is 10.5. The summed E-state index contributed by atoms with van der Waals surface area (Å²) in [6.07, 6.45) is 0. The molecule has 1 heterocycles. The number of aliphatic carboxylic acids is 1. The van der Waals surface area contributed by atoms with Crippen molar-refractivity contribution in [2.24, 2.45) is 0 Å². The molecule has 1 fully saturated rings. The summed E-state index contributed by atoms with van der Waals surface area (Å²) in [4.78, 5) is 15.3. The van der Waals surface area contributed by atoms with Gasteiger partial charge in [0.2, 0.25) is 0 Å². The van der Waals surface area contributed by atoms with Crippen LogP contribution in [-0.4, -0.2) is 66.8 Å². The summed E-state index contributed by atoms with van der Waals surface area (Å²) in [7, 11) is 0. The standard InChI is InChI=1S/C21H25ClN2O3.2ClH/c22-19-9-5-4-8-18(19)21(17-6-2-1-3-7-17)24-12-10-23(11-13-24)14-15-27-16-20(25)26;;/h1-9,21H,10-16H2,(H,25,26);2*1H. The number of nitrogens with zero attached hydrogens (tertiary/aromatic N) is 2. The van der Waals surface area contributed by atoms with Gasteiger partial charge in [-0.2, -0.15) is 0 Å². The minimum atomic E-state index is -0.926. The zero-order valence-electron chi connectivity index (χ0n) is 16.1. The molecule has 1 unspecified atom stereocenters. The van der Waals surface area contributed by atoms with E-state index in [4.69, 9.17) is 21.4 Å². The van der Waals surface area contributed by atoms with E-state index in [0.29, 0.717) is 6.61 Å². The number of benzene rings is 2. The van der Waals surface area contributed by atoms with Crippen molar-refractivity contribution in [2.75, 3.05) is 45.9 Å². The van der Waals surface area contributed by atoms with Gasteiger partial charge in [0.1, 0.15) is 6.61 Å². The molecule has 2 aromatic carbocycles. The maximum absolute atomic E-state index is 10.5. The van der Waals surface area contributed by atoms with E-state index < -0.39 is 5.97 Å². The highest BCUT2D eigenvalue weighted by atomic mass is 35.5. The van der Waals surface area contributed by atoms with Crippen LogP contribution in [0.5, 0.6) is 0 Å². The molecular formula is C21H27Cl3N2O3. The van der Waals surface area contributed by atoms with E-state index in [1.165, 1.54) is 5.56 Å². The third-order valence-electron chi connectivity index (χ3n) is 4.86. The number of piperazine rings is 1. The van der Waals surface area contributed by atoms with Gasteiger partial charge < -0.3 is 9.84 Å². The number of hydrogen-bond donors (Lipinski definition) is 1. The largest absolute Gasteiger partial charge is 0.480 e. The van der Waals surface area contributed by atoms with Gasteiger partial charge in [-0.15, -0.1) is 24.8 Å². The Kier molecular flexibility index (Phi) is 11.6. The van der Waals surface area contributed by atoms with Crippen LogP contribution >= 0.6 is 36.4 Å². The van der Waals surface area contributed by atoms with Crippen molar-refractivity contribution in [3.8, 4) is 0 Å². The maximum Gasteiger partial charge on any atom is 0.329 e. The first-order chi connectivity index (χ1) is 13.1. The first-order valence-electron chi connectivity index (χ1n) is 9.20. The first kappa shape index (κ1) is 25.7. The molecule has 2 aromatic rings. The fourth-order valence-electron chi connectivity index (χ4n) is 3.52. The molecule has 0 bridgehead atoms. The van der Waals surface area contributed by atoms with Crippen molar-refractivity contribution in [1.29, 1.82) is 0 Å². The number of carbonyl (C=O) groups is 1. The van der Waals surface area contributed by atoms with Gasteiger partial charge >= 0.3 is 5.97 Å². The van der Waals surface area contributed by atoms with Gasteiger partial charge in [-0.05, 0) is 17.2 Å². The molecule has 0 aromatic heterocycles. The average Bonchev–Trinajstić information content (AvgIpc) is 2.69. The fourth-order valence-corrected chi connectivity index (χ4v) is 3.76. The Morgan fingerprint density at radius 3 is 2.24 bits per heavy atom. The van der Waals surface area contributed by atoms with Gasteiger partial charge in [-0.25, -0.2) is 4.79 Å². The fraction of sp³-hybridized carbons (Fsp3) is 0.381. The van der Waals surface area contributed by atoms with Crippen LogP contribution in [0.1, 0.15) is 17.2 Å². The Balaban J connectivity index is 0.00000210. The number of carboxylic acids is 1. The van der Waals surface area contributed by atoms with Crippen LogP contribution in [0.25, 0.3) is 0 Å². The lowest BCUT2D eigenvalue weighted by Crippen LogP contribution is -2.48. The first-order valence-corrected chi connectivity index (χ1v) is 9.58. The monoisotopic (exact) mass is 460 g/mol. The predicted octanol–water partition coefficient (Wildman–Crippen LogP) is 3.99. The third kappa shape index (κ3) is 7.45. The van der Waals surface area contributed by atoms with Gasteiger partial charge in [0.25, 0.3) is 0 Å². The van der Waals surface area contributed by atoms with Crippen LogP contribution in [0, 0.1) is 0 Å². The Morgan fingerprint density at radius 2 is 1.62 bits per heavy atom. The van der Waals surface area contributed by atoms with Crippen LogP contribution < -0.4 is 0 Å². The summed E-state index contributed by atoms with van der Waals surface area (Å²) in [5, 5.41) is 9.42. The molecular weight excluding hydrogens is 435 g/mol. The minimum Gasteiger partial charge on any atom is -0.480 e. The summed E-state index contributed by atoms with van der Waals surface area (Å²) in [6.45, 7) is 4.65. The summed E-state index contributed by atoms with van der Waals surface area (Å²) in [5.74, 6) is -0.926. The zero-order valence-corrected chi connectivity index (χ0v) is 18.5. The van der Waals surface area contributed by atoms with Crippen molar-refractivity contribution in [3.05, 3.63) is 70.7 Å². The normalized spacial score (nSPS) is 15.8. The summed E-state index contributed by atoms with van der Waals surface area (Å²) in [6, 6.07) is 18.6. The zero-order chi connectivity index (χ0) is 19.1. The molecule has 5 nitrogen and oxygen atoms in total. The average molecular weight is 462 g/mol. The van der Waals surface area contributed by atoms with E-state index in [9.17, 15) is 4.79 Å². The molecule has 1 aliphatic rings. The van der Waals surface area contributed by atoms with Crippen molar-refractivity contribution in [3.63, 3.8) is 0 Å². The van der Waals surface area contributed by atoms with Crippen molar-refractivity contribution in [1.82, 2.24) is 9.80 Å². The second kappa shape index (κ2) is 13.1. The van der Waals surface area contributed by atoms with Crippen LogP contribution in [0.4, 0.5) is 0 Å². The molecule has 0 amide bonds. The Bertz CT molecular complexity index is 741. The molecule has 8 heteroatoms. The Morgan fingerprint density at radius 1 is 1.00 bits per heavy atom. The van der Waals surface area contributed by atoms with E-state index in [-0.39, 0.29) is 37.5 Å². The second-order valence-corrected chi connectivity index (χ2v) is 7.07. The highest BCUT2D eigenvalue weighted by molar-refractivity contribution is 6.31. The highest BCUT2D eigenvalue weighted by Crippen LogP contribution is 2.33. The summed E-state index contributed by atoms with van der Waals surface area (Å²) < 4.78 is 5.15. The van der Waals surface area contributed by atoms with Crippen molar-refractivity contribution in [2.45, 2.75) is 6.04 Å². The lowest BCUT2D eigenvalue weighted by atomic mass is 9.96. The van der Waals surface area contributed by atoms with Gasteiger partial charge in [-0.1, -0.05) is 60.1 Å². The highest BCUT2D eigenvalue weighted by Gasteiger charge is 2.27. The molecule has 0 radical (unpaired) electrons. The topological polar surface area (TPSA) is 53.0 Å². The van der Waals surface area contributed by atoms with Crippen molar-refractivity contribution >= 4 is 42.4 Å². The van der Waals surface area contributed by atoms with E-state index in [1.807, 2.05) is 24.3 Å². The molecule has 0 spiro atoms. The quantitative estimate of drug-likeness (QED) is 0.602. The molecule has 1 saturated heterocycles.